The molecule has 0 heterocycles. The van der Waals surface area contributed by atoms with E-state index >= 15 is 0 Å². The minimum Gasteiger partial charge on any atom is -0.491 e. The maximum Gasteiger partial charge on any atom is 0.184 e. The van der Waals surface area contributed by atoms with E-state index in [1.54, 1.807) is 12.1 Å². The fourth-order valence-electron chi connectivity index (χ4n) is 1.13. The second-order valence-corrected chi connectivity index (χ2v) is 4.04. The topological polar surface area (TPSA) is 35.5 Å². The fraction of sp³-hybridized carbons (Fsp3) is 0.462. The van der Waals surface area contributed by atoms with E-state index in [0.717, 1.165) is 12.2 Å². The average molecular weight is 257 g/mol. The highest BCUT2D eigenvalue weighted by Crippen LogP contribution is 2.19. The Morgan fingerprint density at radius 2 is 1.88 bits per heavy atom. The Morgan fingerprint density at radius 3 is 2.41 bits per heavy atom. The molecule has 0 aliphatic carbocycles. The summed E-state index contributed by atoms with van der Waals surface area (Å²) in [5, 5.41) is 0. The Kier molecular flexibility index (Phi) is 5.84. The van der Waals surface area contributed by atoms with Gasteiger partial charge in [0, 0.05) is 0 Å². The fourth-order valence-corrected chi connectivity index (χ4v) is 1.21. The molecule has 1 atom stereocenters. The van der Waals surface area contributed by atoms with Gasteiger partial charge in [0.15, 0.2) is 5.78 Å². The number of ketones is 1. The average Bonchev–Trinajstić information content (AvgIpc) is 2.37. The summed E-state index contributed by atoms with van der Waals surface area (Å²) in [6, 6.07) is 7.21. The first kappa shape index (κ1) is 13.8. The van der Waals surface area contributed by atoms with Crippen LogP contribution in [0.3, 0.4) is 0 Å². The lowest BCUT2D eigenvalue weighted by molar-refractivity contribution is -0.118. The summed E-state index contributed by atoms with van der Waals surface area (Å²) >= 11 is 5.37. The molecule has 0 saturated carbocycles. The number of carbonyl (C=O) groups is 1. The molecule has 0 amide bonds. The minimum atomic E-state index is -0.133. The first-order valence-electron chi connectivity index (χ1n) is 5.63. The van der Waals surface area contributed by atoms with E-state index in [-0.39, 0.29) is 24.4 Å². The van der Waals surface area contributed by atoms with Crippen molar-refractivity contribution in [2.45, 2.75) is 26.4 Å². The smallest absolute Gasteiger partial charge is 0.184 e. The number of ether oxygens (including phenoxy) is 2. The van der Waals surface area contributed by atoms with Gasteiger partial charge in [-0.05, 0) is 37.6 Å². The maximum absolute atomic E-state index is 11.0. The lowest BCUT2D eigenvalue weighted by atomic mass is 10.3. The molecule has 0 radical (unpaired) electrons. The molecule has 1 aromatic rings. The van der Waals surface area contributed by atoms with Gasteiger partial charge in [-0.1, -0.05) is 6.92 Å². The molecule has 4 heteroatoms. The lowest BCUT2D eigenvalue weighted by Gasteiger charge is -2.12. The maximum atomic E-state index is 11.0. The lowest BCUT2D eigenvalue weighted by Crippen LogP contribution is -2.12. The van der Waals surface area contributed by atoms with E-state index in [4.69, 9.17) is 21.1 Å². The summed E-state index contributed by atoms with van der Waals surface area (Å²) in [6.07, 6.45) is 1.15. The molecule has 0 saturated heterocycles. The summed E-state index contributed by atoms with van der Waals surface area (Å²) in [4.78, 5) is 11.0. The molecule has 1 aromatic carbocycles. The van der Waals surface area contributed by atoms with Crippen LogP contribution in [0.5, 0.6) is 11.5 Å². The van der Waals surface area contributed by atoms with Crippen molar-refractivity contribution in [3.05, 3.63) is 24.3 Å². The normalized spacial score (nSPS) is 11.9. The third-order valence-corrected chi connectivity index (χ3v) is 2.58. The molecular formula is C13H17ClO3. The van der Waals surface area contributed by atoms with Crippen molar-refractivity contribution >= 4 is 17.4 Å². The summed E-state index contributed by atoms with van der Waals surface area (Å²) in [7, 11) is 0. The zero-order chi connectivity index (χ0) is 12.7. The molecular weight excluding hydrogens is 240 g/mol. The SMILES string of the molecule is CCC(C)Oc1ccc(OCC(=O)CCl)cc1. The molecule has 3 nitrogen and oxygen atoms in total. The molecule has 17 heavy (non-hydrogen) atoms. The highest BCUT2D eigenvalue weighted by molar-refractivity contribution is 6.27. The van der Waals surface area contributed by atoms with Crippen LogP contribution in [0.1, 0.15) is 20.3 Å². The van der Waals surface area contributed by atoms with Crippen molar-refractivity contribution in [3.8, 4) is 11.5 Å². The predicted molar refractivity (Wildman–Crippen MR) is 68.0 cm³/mol. The van der Waals surface area contributed by atoms with Gasteiger partial charge in [-0.25, -0.2) is 0 Å². The van der Waals surface area contributed by atoms with Crippen molar-refractivity contribution in [3.63, 3.8) is 0 Å². The number of rotatable bonds is 7. The van der Waals surface area contributed by atoms with Crippen LogP contribution in [0, 0.1) is 0 Å². The summed E-state index contributed by atoms with van der Waals surface area (Å²) < 4.78 is 10.9. The Hall–Kier alpha value is -1.22. The van der Waals surface area contributed by atoms with Gasteiger partial charge >= 0.3 is 0 Å². The molecule has 0 bridgehead atoms. The molecule has 0 fully saturated rings. The van der Waals surface area contributed by atoms with Crippen LogP contribution in [-0.2, 0) is 4.79 Å². The minimum absolute atomic E-state index is 0.00899. The first-order valence-corrected chi connectivity index (χ1v) is 6.16. The number of alkyl halides is 1. The number of hydrogen-bond acceptors (Lipinski definition) is 3. The number of hydrogen-bond donors (Lipinski definition) is 0. The highest BCUT2D eigenvalue weighted by Gasteiger charge is 2.03. The molecule has 0 aliphatic rings. The van der Waals surface area contributed by atoms with Crippen LogP contribution in [0.4, 0.5) is 0 Å². The van der Waals surface area contributed by atoms with Crippen molar-refractivity contribution in [1.82, 2.24) is 0 Å². The quantitative estimate of drug-likeness (QED) is 0.704. The Labute approximate surface area is 107 Å². The molecule has 1 rings (SSSR count). The Balaban J connectivity index is 2.47. The van der Waals surface area contributed by atoms with Gasteiger partial charge in [0.1, 0.15) is 18.1 Å². The third kappa shape index (κ3) is 5.09. The molecule has 1 unspecified atom stereocenters. The third-order valence-electron chi connectivity index (χ3n) is 2.28. The van der Waals surface area contributed by atoms with E-state index in [1.807, 2.05) is 19.1 Å². The van der Waals surface area contributed by atoms with E-state index < -0.39 is 0 Å². The van der Waals surface area contributed by atoms with E-state index in [1.165, 1.54) is 0 Å². The second-order valence-electron chi connectivity index (χ2n) is 3.77. The van der Waals surface area contributed by atoms with Crippen LogP contribution in [0.15, 0.2) is 24.3 Å². The molecule has 94 valence electrons. The number of benzene rings is 1. The van der Waals surface area contributed by atoms with Crippen LogP contribution >= 0.6 is 11.6 Å². The molecule has 0 N–H and O–H groups in total. The number of halogens is 1. The highest BCUT2D eigenvalue weighted by atomic mass is 35.5. The van der Waals surface area contributed by atoms with Crippen molar-refractivity contribution < 1.29 is 14.3 Å². The summed E-state index contributed by atoms with van der Waals surface area (Å²) in [5.41, 5.74) is 0. The summed E-state index contributed by atoms with van der Waals surface area (Å²) in [5.74, 6) is 1.29. The van der Waals surface area contributed by atoms with Gasteiger partial charge in [-0.3, -0.25) is 4.79 Å². The predicted octanol–water partition coefficient (Wildman–Crippen LogP) is 3.05. The number of carbonyl (C=O) groups excluding carboxylic acids is 1. The van der Waals surface area contributed by atoms with Gasteiger partial charge in [-0.2, -0.15) is 0 Å². The largest absolute Gasteiger partial charge is 0.491 e. The summed E-state index contributed by atoms with van der Waals surface area (Å²) in [6.45, 7) is 4.10. The van der Waals surface area contributed by atoms with Gasteiger partial charge in [0.25, 0.3) is 0 Å². The van der Waals surface area contributed by atoms with Crippen LogP contribution in [-0.4, -0.2) is 24.4 Å². The van der Waals surface area contributed by atoms with Crippen LogP contribution in [0.25, 0.3) is 0 Å². The number of Topliss-reactive ketones (excluding diaryl/α,β-unsaturated/α-hetero) is 1. The van der Waals surface area contributed by atoms with Gasteiger partial charge < -0.3 is 9.47 Å². The molecule has 0 aromatic heterocycles. The van der Waals surface area contributed by atoms with Gasteiger partial charge in [0.05, 0.1) is 12.0 Å². The van der Waals surface area contributed by atoms with Crippen molar-refractivity contribution in [2.75, 3.05) is 12.5 Å². The zero-order valence-corrected chi connectivity index (χ0v) is 10.9. The van der Waals surface area contributed by atoms with Crippen LogP contribution in [0.2, 0.25) is 0 Å². The molecule has 0 spiro atoms. The second kappa shape index (κ2) is 7.17. The standard InChI is InChI=1S/C13H17ClO3/c1-3-10(2)17-13-6-4-12(5-7-13)16-9-11(15)8-14/h4-7,10H,3,8-9H2,1-2H3. The van der Waals surface area contributed by atoms with E-state index in [9.17, 15) is 4.79 Å². The van der Waals surface area contributed by atoms with Crippen molar-refractivity contribution in [1.29, 1.82) is 0 Å². The van der Waals surface area contributed by atoms with E-state index in [2.05, 4.69) is 6.92 Å². The van der Waals surface area contributed by atoms with E-state index in [0.29, 0.717) is 5.75 Å². The Morgan fingerprint density at radius 1 is 1.29 bits per heavy atom. The van der Waals surface area contributed by atoms with Gasteiger partial charge in [-0.15, -0.1) is 11.6 Å². The van der Waals surface area contributed by atoms with Gasteiger partial charge in [0.2, 0.25) is 0 Å². The Bertz CT molecular complexity index is 348. The zero-order valence-electron chi connectivity index (χ0n) is 10.1. The molecule has 0 aliphatic heterocycles. The van der Waals surface area contributed by atoms with Crippen molar-refractivity contribution in [2.24, 2.45) is 0 Å². The van der Waals surface area contributed by atoms with Crippen LogP contribution < -0.4 is 9.47 Å². The first-order chi connectivity index (χ1) is 8.15. The monoisotopic (exact) mass is 256 g/mol.